The van der Waals surface area contributed by atoms with E-state index in [1.807, 2.05) is 19.2 Å². The smallest absolute Gasteiger partial charge is 0.411 e. The maximum absolute atomic E-state index is 11.2. The molecule has 22 heavy (non-hydrogen) atoms. The number of methoxy groups -OCH3 is 1. The van der Waals surface area contributed by atoms with Crippen LogP contribution in [0.15, 0.2) is 22.4 Å². The summed E-state index contributed by atoms with van der Waals surface area (Å²) in [5.74, 6) is 0.699. The predicted molar refractivity (Wildman–Crippen MR) is 90.4 cm³/mol. The van der Waals surface area contributed by atoms with Crippen LogP contribution in [0.3, 0.4) is 0 Å². The fourth-order valence-electron chi connectivity index (χ4n) is 1.69. The number of amides is 1. The Bertz CT molecular complexity index is 676. The molecule has 1 aromatic heterocycles. The summed E-state index contributed by atoms with van der Waals surface area (Å²) in [5, 5.41) is 3.97. The molecule has 2 aromatic rings. The molecule has 118 valence electrons. The van der Waals surface area contributed by atoms with E-state index in [2.05, 4.69) is 15.0 Å². The van der Waals surface area contributed by atoms with E-state index in [4.69, 9.17) is 16.3 Å². The summed E-state index contributed by atoms with van der Waals surface area (Å²) in [4.78, 5) is 15.5. The number of aromatic nitrogens is 1. The van der Waals surface area contributed by atoms with E-state index in [1.165, 1.54) is 18.4 Å². The number of aryl methyl sites for hydroxylation is 1. The van der Waals surface area contributed by atoms with Gasteiger partial charge in [0.25, 0.3) is 0 Å². The zero-order valence-electron chi connectivity index (χ0n) is 12.3. The molecule has 8 heteroatoms. The highest BCUT2D eigenvalue weighted by atomic mass is 35.5. The third-order valence-corrected chi connectivity index (χ3v) is 5.40. The number of rotatable bonds is 5. The molecule has 2 rings (SSSR count). The number of nitrogens with zero attached hydrogens (tertiary/aromatic N) is 1. The zero-order valence-corrected chi connectivity index (χ0v) is 14.7. The largest absolute Gasteiger partial charge is 0.486 e. The average molecular weight is 359 g/mol. The quantitative estimate of drug-likeness (QED) is 0.792. The van der Waals surface area contributed by atoms with Gasteiger partial charge in [0.2, 0.25) is 0 Å². The van der Waals surface area contributed by atoms with Crippen LogP contribution in [0.5, 0.6) is 5.75 Å². The van der Waals surface area contributed by atoms with E-state index >= 15 is 0 Å². The minimum Gasteiger partial charge on any atom is -0.486 e. The van der Waals surface area contributed by atoms with Gasteiger partial charge in [0.15, 0.2) is 5.15 Å². The van der Waals surface area contributed by atoms with Crippen molar-refractivity contribution in [2.45, 2.75) is 17.7 Å². The Morgan fingerprint density at radius 3 is 2.86 bits per heavy atom. The SMILES string of the molecule is COC(=O)Nc1ccc(OCc2nc(Cl)c(SC)s2)cc1C. The molecule has 1 aromatic carbocycles. The number of thiazole rings is 1. The second kappa shape index (κ2) is 7.71. The van der Waals surface area contributed by atoms with Crippen molar-refractivity contribution in [3.63, 3.8) is 0 Å². The van der Waals surface area contributed by atoms with Crippen LogP contribution < -0.4 is 10.1 Å². The van der Waals surface area contributed by atoms with Crippen molar-refractivity contribution in [3.05, 3.63) is 33.9 Å². The predicted octanol–water partition coefficient (Wildman–Crippen LogP) is 4.58. The molecule has 0 aliphatic carbocycles. The van der Waals surface area contributed by atoms with Gasteiger partial charge in [-0.2, -0.15) is 0 Å². The Hall–Kier alpha value is -1.44. The van der Waals surface area contributed by atoms with Gasteiger partial charge in [-0.25, -0.2) is 9.78 Å². The number of carbonyl (C=O) groups is 1. The minimum absolute atomic E-state index is 0.355. The van der Waals surface area contributed by atoms with E-state index in [9.17, 15) is 4.79 Å². The molecule has 0 aliphatic rings. The topological polar surface area (TPSA) is 60.5 Å². The summed E-state index contributed by atoms with van der Waals surface area (Å²) in [5.41, 5.74) is 1.56. The fourth-order valence-corrected chi connectivity index (χ4v) is 3.62. The lowest BCUT2D eigenvalue weighted by Gasteiger charge is -2.10. The van der Waals surface area contributed by atoms with Gasteiger partial charge in [-0.05, 0) is 36.9 Å². The Labute approximate surface area is 142 Å². The first-order chi connectivity index (χ1) is 10.5. The van der Waals surface area contributed by atoms with E-state index < -0.39 is 6.09 Å². The monoisotopic (exact) mass is 358 g/mol. The van der Waals surface area contributed by atoms with Crippen LogP contribution in [0.1, 0.15) is 10.6 Å². The minimum atomic E-state index is -0.501. The van der Waals surface area contributed by atoms with Crippen molar-refractivity contribution in [1.82, 2.24) is 4.98 Å². The van der Waals surface area contributed by atoms with Gasteiger partial charge in [0, 0.05) is 5.69 Å². The fraction of sp³-hybridized carbons (Fsp3) is 0.286. The summed E-state index contributed by atoms with van der Waals surface area (Å²) in [6, 6.07) is 5.39. The highest BCUT2D eigenvalue weighted by Crippen LogP contribution is 2.32. The first kappa shape index (κ1) is 16.9. The molecule has 0 radical (unpaired) electrons. The number of halogens is 1. The lowest BCUT2D eigenvalue weighted by molar-refractivity contribution is 0.187. The molecular weight excluding hydrogens is 344 g/mol. The lowest BCUT2D eigenvalue weighted by Crippen LogP contribution is -2.11. The van der Waals surface area contributed by atoms with Gasteiger partial charge < -0.3 is 9.47 Å². The van der Waals surface area contributed by atoms with Crippen molar-refractivity contribution < 1.29 is 14.3 Å². The highest BCUT2D eigenvalue weighted by Gasteiger charge is 2.10. The van der Waals surface area contributed by atoms with Crippen molar-refractivity contribution in [2.24, 2.45) is 0 Å². The molecule has 1 amide bonds. The Kier molecular flexibility index (Phi) is 5.93. The number of thioether (sulfide) groups is 1. The van der Waals surface area contributed by atoms with E-state index in [-0.39, 0.29) is 0 Å². The van der Waals surface area contributed by atoms with Crippen LogP contribution in [0.4, 0.5) is 10.5 Å². The van der Waals surface area contributed by atoms with Gasteiger partial charge in [0.1, 0.15) is 17.4 Å². The van der Waals surface area contributed by atoms with Crippen molar-refractivity contribution in [1.29, 1.82) is 0 Å². The zero-order chi connectivity index (χ0) is 16.1. The van der Waals surface area contributed by atoms with Crippen molar-refractivity contribution in [3.8, 4) is 5.75 Å². The molecule has 0 unspecified atom stereocenters. The molecule has 0 atom stereocenters. The van der Waals surface area contributed by atoms with Gasteiger partial charge in [-0.1, -0.05) is 11.6 Å². The van der Waals surface area contributed by atoms with Crippen molar-refractivity contribution >= 4 is 46.5 Å². The maximum Gasteiger partial charge on any atom is 0.411 e. The van der Waals surface area contributed by atoms with Crippen LogP contribution >= 0.6 is 34.7 Å². The number of carbonyl (C=O) groups excluding carboxylic acids is 1. The van der Waals surface area contributed by atoms with Crippen LogP contribution in [-0.4, -0.2) is 24.4 Å². The van der Waals surface area contributed by atoms with E-state index in [1.54, 1.807) is 23.9 Å². The number of nitrogens with one attached hydrogen (secondary N) is 1. The standard InChI is InChI=1S/C14H15ClN2O3S2/c1-8-6-9(4-5-10(8)16-14(18)19-2)20-7-11-17-12(15)13(21-3)22-11/h4-6H,7H2,1-3H3,(H,16,18). The van der Waals surface area contributed by atoms with Crippen molar-refractivity contribution in [2.75, 3.05) is 18.7 Å². The summed E-state index contributed by atoms with van der Waals surface area (Å²) in [6.07, 6.45) is 1.46. The molecule has 0 aliphatic heterocycles. The number of hydrogen-bond acceptors (Lipinski definition) is 6. The Balaban J connectivity index is 2.01. The second-order valence-corrected chi connectivity index (χ2v) is 6.79. The molecule has 0 spiro atoms. The third-order valence-electron chi connectivity index (χ3n) is 2.77. The van der Waals surface area contributed by atoms with Gasteiger partial charge in [-0.3, -0.25) is 5.32 Å². The highest BCUT2D eigenvalue weighted by molar-refractivity contribution is 8.00. The average Bonchev–Trinajstić information content (AvgIpc) is 2.87. The first-order valence-electron chi connectivity index (χ1n) is 6.31. The number of hydrogen-bond donors (Lipinski definition) is 1. The number of ether oxygens (including phenoxy) is 2. The summed E-state index contributed by atoms with van der Waals surface area (Å²) < 4.78 is 11.3. The molecule has 5 nitrogen and oxygen atoms in total. The van der Waals surface area contributed by atoms with Gasteiger partial charge in [-0.15, -0.1) is 23.1 Å². The molecular formula is C14H15ClN2O3S2. The third kappa shape index (κ3) is 4.28. The lowest BCUT2D eigenvalue weighted by atomic mass is 10.2. The summed E-state index contributed by atoms with van der Waals surface area (Å²) in [6.45, 7) is 2.23. The van der Waals surface area contributed by atoms with Crippen LogP contribution in [0, 0.1) is 6.92 Å². The first-order valence-corrected chi connectivity index (χ1v) is 8.73. The molecule has 0 saturated heterocycles. The molecule has 0 bridgehead atoms. The van der Waals surface area contributed by atoms with Crippen LogP contribution in [-0.2, 0) is 11.3 Å². The molecule has 1 heterocycles. The second-order valence-electron chi connectivity index (χ2n) is 4.27. The maximum atomic E-state index is 11.2. The van der Waals surface area contributed by atoms with Gasteiger partial charge >= 0.3 is 6.09 Å². The summed E-state index contributed by atoms with van der Waals surface area (Å²) in [7, 11) is 1.32. The number of benzene rings is 1. The molecule has 1 N–H and O–H groups in total. The van der Waals surface area contributed by atoms with E-state index in [0.29, 0.717) is 23.2 Å². The summed E-state index contributed by atoms with van der Waals surface area (Å²) >= 11 is 9.09. The van der Waals surface area contributed by atoms with E-state index in [0.717, 1.165) is 14.8 Å². The normalized spacial score (nSPS) is 10.4. The Morgan fingerprint density at radius 2 is 2.27 bits per heavy atom. The molecule has 0 saturated carbocycles. The number of anilines is 1. The molecule has 0 fully saturated rings. The van der Waals surface area contributed by atoms with Crippen LogP contribution in [0.25, 0.3) is 0 Å². The Morgan fingerprint density at radius 1 is 1.50 bits per heavy atom. The van der Waals surface area contributed by atoms with Gasteiger partial charge in [0.05, 0.1) is 11.3 Å². The van der Waals surface area contributed by atoms with Crippen LogP contribution in [0.2, 0.25) is 5.15 Å².